The lowest BCUT2D eigenvalue weighted by Crippen LogP contribution is -2.02. The van der Waals surface area contributed by atoms with Crippen molar-refractivity contribution in [2.45, 2.75) is 20.4 Å². The first-order valence-electron chi connectivity index (χ1n) is 8.42. The molecule has 26 heavy (non-hydrogen) atoms. The standard InChI is InChI=1S/C19H21BrN4O2/c1-4-24-16-9-7-6-8-15(16)22-19(24)23-21-12-13-10-14(20)18(26-5-2)17(11-13)25-3/h6-12H,4-5H2,1-3H3,(H,22,23)/b21-12-. The Balaban J connectivity index is 1.84. The van der Waals surface area contributed by atoms with Gasteiger partial charge in [0.1, 0.15) is 0 Å². The van der Waals surface area contributed by atoms with E-state index in [1.54, 1.807) is 13.3 Å². The summed E-state index contributed by atoms with van der Waals surface area (Å²) >= 11 is 3.52. The van der Waals surface area contributed by atoms with Crippen LogP contribution in [0.15, 0.2) is 46.0 Å². The van der Waals surface area contributed by atoms with Gasteiger partial charge < -0.3 is 14.0 Å². The van der Waals surface area contributed by atoms with Crippen molar-refractivity contribution in [2.75, 3.05) is 19.1 Å². The molecule has 0 saturated heterocycles. The molecule has 3 aromatic rings. The number of nitrogens with zero attached hydrogens (tertiary/aromatic N) is 3. The van der Waals surface area contributed by atoms with Crippen molar-refractivity contribution in [3.05, 3.63) is 46.4 Å². The van der Waals surface area contributed by atoms with Crippen molar-refractivity contribution in [3.63, 3.8) is 0 Å². The number of para-hydroxylation sites is 2. The third kappa shape index (κ3) is 3.67. The van der Waals surface area contributed by atoms with Crippen LogP contribution in [0.5, 0.6) is 11.5 Å². The van der Waals surface area contributed by atoms with Gasteiger partial charge in [-0.3, -0.25) is 0 Å². The quantitative estimate of drug-likeness (QED) is 0.448. The van der Waals surface area contributed by atoms with Gasteiger partial charge in [-0.25, -0.2) is 10.4 Å². The molecule has 0 aliphatic rings. The van der Waals surface area contributed by atoms with Gasteiger partial charge in [-0.2, -0.15) is 5.10 Å². The van der Waals surface area contributed by atoms with E-state index in [4.69, 9.17) is 9.47 Å². The highest BCUT2D eigenvalue weighted by Crippen LogP contribution is 2.36. The first-order chi connectivity index (χ1) is 12.7. The van der Waals surface area contributed by atoms with E-state index in [9.17, 15) is 0 Å². The third-order valence-electron chi connectivity index (χ3n) is 3.89. The number of rotatable bonds is 7. The van der Waals surface area contributed by atoms with E-state index in [-0.39, 0.29) is 0 Å². The average Bonchev–Trinajstić information content (AvgIpc) is 3.01. The molecule has 0 bridgehead atoms. The summed E-state index contributed by atoms with van der Waals surface area (Å²) in [6.07, 6.45) is 1.72. The molecule has 136 valence electrons. The fourth-order valence-electron chi connectivity index (χ4n) is 2.74. The van der Waals surface area contributed by atoms with Crippen LogP contribution in [0, 0.1) is 0 Å². The zero-order chi connectivity index (χ0) is 18.5. The topological polar surface area (TPSA) is 60.7 Å². The van der Waals surface area contributed by atoms with Crippen molar-refractivity contribution in [2.24, 2.45) is 5.10 Å². The van der Waals surface area contributed by atoms with Crippen molar-refractivity contribution in [1.82, 2.24) is 9.55 Å². The summed E-state index contributed by atoms with van der Waals surface area (Å²) in [6.45, 7) is 5.39. The fraction of sp³-hybridized carbons (Fsp3) is 0.263. The van der Waals surface area contributed by atoms with Crippen molar-refractivity contribution < 1.29 is 9.47 Å². The van der Waals surface area contributed by atoms with E-state index < -0.39 is 0 Å². The molecule has 0 atom stereocenters. The second-order valence-electron chi connectivity index (χ2n) is 5.51. The first kappa shape index (κ1) is 18.3. The summed E-state index contributed by atoms with van der Waals surface area (Å²) in [5.74, 6) is 2.05. The number of hydrogen-bond donors (Lipinski definition) is 1. The number of halogens is 1. The third-order valence-corrected chi connectivity index (χ3v) is 4.48. The average molecular weight is 417 g/mol. The number of benzene rings is 2. The van der Waals surface area contributed by atoms with Gasteiger partial charge in [-0.15, -0.1) is 0 Å². The van der Waals surface area contributed by atoms with Crippen molar-refractivity contribution >= 4 is 39.1 Å². The van der Waals surface area contributed by atoms with Gasteiger partial charge in [0.05, 0.1) is 35.4 Å². The number of ether oxygens (including phenoxy) is 2. The summed E-state index contributed by atoms with van der Waals surface area (Å²) in [6, 6.07) is 11.8. The van der Waals surface area contributed by atoms with Gasteiger partial charge >= 0.3 is 0 Å². The number of hydrogen-bond acceptors (Lipinski definition) is 5. The van der Waals surface area contributed by atoms with Crippen LogP contribution in [-0.4, -0.2) is 29.5 Å². The largest absolute Gasteiger partial charge is 0.493 e. The molecule has 0 unspecified atom stereocenters. The molecule has 1 aromatic heterocycles. The van der Waals surface area contributed by atoms with E-state index in [1.165, 1.54) is 0 Å². The Bertz CT molecular complexity index is 937. The first-order valence-corrected chi connectivity index (χ1v) is 9.21. The Morgan fingerprint density at radius 2 is 2.08 bits per heavy atom. The lowest BCUT2D eigenvalue weighted by Gasteiger charge is -2.12. The summed E-state index contributed by atoms with van der Waals surface area (Å²) in [5, 5.41) is 4.33. The van der Waals surface area contributed by atoms with Crippen LogP contribution in [0.1, 0.15) is 19.4 Å². The minimum Gasteiger partial charge on any atom is -0.493 e. The summed E-state index contributed by atoms with van der Waals surface area (Å²) in [5.41, 5.74) is 5.94. The number of imidazole rings is 1. The summed E-state index contributed by atoms with van der Waals surface area (Å²) in [4.78, 5) is 4.59. The molecule has 3 rings (SSSR count). The normalized spacial score (nSPS) is 11.2. The van der Waals surface area contributed by atoms with E-state index in [0.717, 1.165) is 27.6 Å². The van der Waals surface area contributed by atoms with Gasteiger partial charge in [0.15, 0.2) is 11.5 Å². The van der Waals surface area contributed by atoms with E-state index in [1.807, 2.05) is 37.3 Å². The highest BCUT2D eigenvalue weighted by Gasteiger charge is 2.11. The van der Waals surface area contributed by atoms with E-state index in [2.05, 4.69) is 49.0 Å². The van der Waals surface area contributed by atoms with Crippen LogP contribution in [0.2, 0.25) is 0 Å². The maximum Gasteiger partial charge on any atom is 0.224 e. The highest BCUT2D eigenvalue weighted by molar-refractivity contribution is 9.10. The van der Waals surface area contributed by atoms with Crippen molar-refractivity contribution in [3.8, 4) is 11.5 Å². The molecular weight excluding hydrogens is 396 g/mol. The number of fused-ring (bicyclic) bond motifs is 1. The monoisotopic (exact) mass is 416 g/mol. The Hall–Kier alpha value is -2.54. The molecule has 1 heterocycles. The number of aromatic nitrogens is 2. The Kier molecular flexibility index (Phi) is 5.78. The number of hydrazone groups is 1. The van der Waals surface area contributed by atoms with Gasteiger partial charge in [-0.1, -0.05) is 12.1 Å². The predicted molar refractivity (Wildman–Crippen MR) is 108 cm³/mol. The highest BCUT2D eigenvalue weighted by atomic mass is 79.9. The SMILES string of the molecule is CCOc1c(Br)cc(/C=N\Nc2nc3ccccc3n2CC)cc1OC. The second-order valence-corrected chi connectivity index (χ2v) is 6.36. The van der Waals surface area contributed by atoms with E-state index in [0.29, 0.717) is 24.1 Å². The molecule has 0 aliphatic carbocycles. The molecule has 0 fully saturated rings. The van der Waals surface area contributed by atoms with Gasteiger partial charge in [0, 0.05) is 6.54 Å². The Morgan fingerprint density at radius 3 is 2.81 bits per heavy atom. The van der Waals surface area contributed by atoms with E-state index >= 15 is 0 Å². The number of aryl methyl sites for hydroxylation is 1. The van der Waals surface area contributed by atoms with Crippen LogP contribution in [0.4, 0.5) is 5.95 Å². The van der Waals surface area contributed by atoms with Crippen LogP contribution in [0.25, 0.3) is 11.0 Å². The molecule has 6 nitrogen and oxygen atoms in total. The Labute approximate surface area is 161 Å². The molecule has 1 N–H and O–H groups in total. The molecule has 7 heteroatoms. The zero-order valence-electron chi connectivity index (χ0n) is 15.0. The van der Waals surface area contributed by atoms with Gasteiger partial charge in [-0.05, 0) is 59.6 Å². The lowest BCUT2D eigenvalue weighted by molar-refractivity contribution is 0.309. The molecular formula is C19H21BrN4O2. The zero-order valence-corrected chi connectivity index (χ0v) is 16.6. The van der Waals surface area contributed by atoms with Crippen LogP contribution >= 0.6 is 15.9 Å². The number of anilines is 1. The van der Waals surface area contributed by atoms with Crippen LogP contribution in [0.3, 0.4) is 0 Å². The lowest BCUT2D eigenvalue weighted by atomic mass is 10.2. The molecule has 0 radical (unpaired) electrons. The van der Waals surface area contributed by atoms with Crippen molar-refractivity contribution in [1.29, 1.82) is 0 Å². The molecule has 0 aliphatic heterocycles. The molecule has 0 spiro atoms. The molecule has 0 saturated carbocycles. The smallest absolute Gasteiger partial charge is 0.224 e. The Morgan fingerprint density at radius 1 is 1.27 bits per heavy atom. The van der Waals surface area contributed by atoms with Crippen LogP contribution in [-0.2, 0) is 6.54 Å². The minimum absolute atomic E-state index is 0.567. The van der Waals surface area contributed by atoms with Gasteiger partial charge in [0.2, 0.25) is 5.95 Å². The summed E-state index contributed by atoms with van der Waals surface area (Å²) in [7, 11) is 1.62. The maximum atomic E-state index is 5.61. The second kappa shape index (κ2) is 8.23. The van der Waals surface area contributed by atoms with Crippen LogP contribution < -0.4 is 14.9 Å². The maximum absolute atomic E-state index is 5.61. The molecule has 2 aromatic carbocycles. The number of methoxy groups -OCH3 is 1. The number of nitrogens with one attached hydrogen (secondary N) is 1. The fourth-order valence-corrected chi connectivity index (χ4v) is 3.32. The molecule has 0 amide bonds. The van der Waals surface area contributed by atoms with Gasteiger partial charge in [0.25, 0.3) is 0 Å². The summed E-state index contributed by atoms with van der Waals surface area (Å²) < 4.78 is 13.9. The minimum atomic E-state index is 0.567. The predicted octanol–water partition coefficient (Wildman–Crippen LogP) is 4.67.